The van der Waals surface area contributed by atoms with Crippen molar-refractivity contribution in [2.24, 2.45) is 0 Å². The fourth-order valence-electron chi connectivity index (χ4n) is 0.942. The van der Waals surface area contributed by atoms with E-state index in [9.17, 15) is 4.79 Å². The zero-order valence-corrected chi connectivity index (χ0v) is 7.34. The molecule has 4 heteroatoms. The molecule has 0 heterocycles. The van der Waals surface area contributed by atoms with Gasteiger partial charge in [0.25, 0.3) is 0 Å². The first-order chi connectivity index (χ1) is 5.16. The standard InChI is InChI=1S/C8H17NO2.Na.H/c1-3-4-5-6-9(2)7-8(10)11;;/h3-7H2,1-2H3,(H,10,11);;. The first-order valence-electron chi connectivity index (χ1n) is 4.07. The minimum absolute atomic E-state index is 0. The van der Waals surface area contributed by atoms with Gasteiger partial charge in [-0.1, -0.05) is 19.8 Å². The first kappa shape index (κ1) is 14.9. The molecule has 12 heavy (non-hydrogen) atoms. The number of hydrogen-bond donors (Lipinski definition) is 1. The number of aliphatic carboxylic acids is 1. The van der Waals surface area contributed by atoms with Crippen LogP contribution in [0.5, 0.6) is 0 Å². The van der Waals surface area contributed by atoms with E-state index in [0.717, 1.165) is 13.0 Å². The summed E-state index contributed by atoms with van der Waals surface area (Å²) in [5, 5.41) is 8.40. The van der Waals surface area contributed by atoms with Crippen molar-refractivity contribution in [2.45, 2.75) is 26.2 Å². The molecule has 0 rings (SSSR count). The topological polar surface area (TPSA) is 40.5 Å². The van der Waals surface area contributed by atoms with Crippen molar-refractivity contribution in [2.75, 3.05) is 20.1 Å². The molecular formula is C8H18NNaO2. The van der Waals surface area contributed by atoms with Gasteiger partial charge in [0.05, 0.1) is 6.54 Å². The van der Waals surface area contributed by atoms with Crippen LogP contribution in [0.4, 0.5) is 0 Å². The van der Waals surface area contributed by atoms with Crippen LogP contribution in [0.25, 0.3) is 0 Å². The second-order valence-electron chi connectivity index (χ2n) is 2.84. The summed E-state index contributed by atoms with van der Waals surface area (Å²) < 4.78 is 0. The van der Waals surface area contributed by atoms with E-state index in [1.807, 2.05) is 11.9 Å². The van der Waals surface area contributed by atoms with Crippen LogP contribution in [-0.2, 0) is 4.79 Å². The molecule has 0 aliphatic carbocycles. The van der Waals surface area contributed by atoms with Gasteiger partial charge in [-0.2, -0.15) is 0 Å². The molecule has 0 amide bonds. The Hall–Kier alpha value is 0.430. The van der Waals surface area contributed by atoms with Gasteiger partial charge in [-0.15, -0.1) is 0 Å². The molecule has 3 nitrogen and oxygen atoms in total. The van der Waals surface area contributed by atoms with Crippen LogP contribution in [0.3, 0.4) is 0 Å². The number of carboxylic acids is 1. The second kappa shape index (κ2) is 9.52. The summed E-state index contributed by atoms with van der Waals surface area (Å²) in [5.41, 5.74) is 0. The molecular weight excluding hydrogens is 165 g/mol. The van der Waals surface area contributed by atoms with Gasteiger partial charge in [-0.25, -0.2) is 0 Å². The molecule has 0 saturated carbocycles. The summed E-state index contributed by atoms with van der Waals surface area (Å²) in [6, 6.07) is 0. The summed E-state index contributed by atoms with van der Waals surface area (Å²) in [6.07, 6.45) is 3.46. The molecule has 0 atom stereocenters. The summed E-state index contributed by atoms with van der Waals surface area (Å²) in [5.74, 6) is -0.746. The molecule has 0 aliphatic rings. The average Bonchev–Trinajstić information content (AvgIpc) is 1.86. The van der Waals surface area contributed by atoms with E-state index in [1.54, 1.807) is 0 Å². The molecule has 0 unspecified atom stereocenters. The van der Waals surface area contributed by atoms with Crippen molar-refractivity contribution < 1.29 is 9.90 Å². The van der Waals surface area contributed by atoms with Crippen molar-refractivity contribution in [3.8, 4) is 0 Å². The van der Waals surface area contributed by atoms with E-state index < -0.39 is 5.97 Å². The van der Waals surface area contributed by atoms with Gasteiger partial charge in [-0.05, 0) is 20.0 Å². The van der Waals surface area contributed by atoms with Crippen LogP contribution in [0.15, 0.2) is 0 Å². The number of carboxylic acid groups (broad SMARTS) is 1. The molecule has 0 aromatic heterocycles. The van der Waals surface area contributed by atoms with E-state index in [2.05, 4.69) is 6.92 Å². The van der Waals surface area contributed by atoms with Gasteiger partial charge < -0.3 is 5.11 Å². The Morgan fingerprint density at radius 1 is 1.42 bits per heavy atom. The van der Waals surface area contributed by atoms with Crippen molar-refractivity contribution in [3.05, 3.63) is 0 Å². The summed E-state index contributed by atoms with van der Waals surface area (Å²) >= 11 is 0. The monoisotopic (exact) mass is 183 g/mol. The van der Waals surface area contributed by atoms with Crippen molar-refractivity contribution in [1.29, 1.82) is 0 Å². The predicted octanol–water partition coefficient (Wildman–Crippen LogP) is 0.544. The third-order valence-electron chi connectivity index (χ3n) is 1.55. The molecule has 68 valence electrons. The Morgan fingerprint density at radius 3 is 2.42 bits per heavy atom. The fraction of sp³-hybridized carbons (Fsp3) is 0.875. The predicted molar refractivity (Wildman–Crippen MR) is 51.8 cm³/mol. The minimum atomic E-state index is -0.746. The van der Waals surface area contributed by atoms with E-state index in [4.69, 9.17) is 5.11 Å². The molecule has 0 radical (unpaired) electrons. The van der Waals surface area contributed by atoms with E-state index in [-0.39, 0.29) is 36.1 Å². The zero-order chi connectivity index (χ0) is 8.69. The Balaban J connectivity index is 0. The quantitative estimate of drug-likeness (QED) is 0.483. The van der Waals surface area contributed by atoms with Crippen molar-refractivity contribution in [3.63, 3.8) is 0 Å². The Bertz CT molecular complexity index is 120. The summed E-state index contributed by atoms with van der Waals surface area (Å²) in [4.78, 5) is 12.0. The number of unbranched alkanes of at least 4 members (excludes halogenated alkanes) is 2. The van der Waals surface area contributed by atoms with Crippen molar-refractivity contribution >= 4 is 35.5 Å². The van der Waals surface area contributed by atoms with Crippen LogP contribution >= 0.6 is 0 Å². The van der Waals surface area contributed by atoms with Crippen LogP contribution in [0.2, 0.25) is 0 Å². The van der Waals surface area contributed by atoms with Gasteiger partial charge in [-0.3, -0.25) is 9.69 Å². The first-order valence-corrected chi connectivity index (χ1v) is 4.07. The average molecular weight is 183 g/mol. The molecule has 0 aliphatic heterocycles. The second-order valence-corrected chi connectivity index (χ2v) is 2.84. The van der Waals surface area contributed by atoms with Gasteiger partial charge in [0.2, 0.25) is 0 Å². The number of rotatable bonds is 6. The number of likely N-dealkylation sites (N-methyl/N-ethyl adjacent to an activating group) is 1. The Labute approximate surface area is 96.4 Å². The molecule has 0 aromatic rings. The van der Waals surface area contributed by atoms with E-state index in [1.165, 1.54) is 12.8 Å². The number of hydrogen-bond acceptors (Lipinski definition) is 2. The molecule has 0 saturated heterocycles. The SMILES string of the molecule is CCCCCN(C)CC(=O)O.[NaH]. The zero-order valence-electron chi connectivity index (χ0n) is 7.34. The van der Waals surface area contributed by atoms with Gasteiger partial charge in [0.1, 0.15) is 0 Å². The molecule has 0 spiro atoms. The molecule has 1 N–H and O–H groups in total. The van der Waals surface area contributed by atoms with E-state index >= 15 is 0 Å². The third kappa shape index (κ3) is 10.4. The number of nitrogens with zero attached hydrogens (tertiary/aromatic N) is 1. The summed E-state index contributed by atoms with van der Waals surface area (Å²) in [6.45, 7) is 3.18. The van der Waals surface area contributed by atoms with Crippen LogP contribution in [0, 0.1) is 0 Å². The van der Waals surface area contributed by atoms with Crippen LogP contribution in [0.1, 0.15) is 26.2 Å². The van der Waals surface area contributed by atoms with Crippen LogP contribution < -0.4 is 0 Å². The maximum absolute atomic E-state index is 10.2. The fourth-order valence-corrected chi connectivity index (χ4v) is 0.942. The Kier molecular flexibility index (Phi) is 11.8. The van der Waals surface area contributed by atoms with E-state index in [0.29, 0.717) is 0 Å². The Morgan fingerprint density at radius 2 is 2.00 bits per heavy atom. The van der Waals surface area contributed by atoms with Gasteiger partial charge >= 0.3 is 35.5 Å². The maximum atomic E-state index is 10.2. The third-order valence-corrected chi connectivity index (χ3v) is 1.55. The normalized spacial score (nSPS) is 9.58. The summed E-state index contributed by atoms with van der Waals surface area (Å²) in [7, 11) is 1.84. The van der Waals surface area contributed by atoms with Crippen molar-refractivity contribution in [1.82, 2.24) is 4.90 Å². The van der Waals surface area contributed by atoms with Gasteiger partial charge in [0.15, 0.2) is 0 Å². The van der Waals surface area contributed by atoms with Crippen LogP contribution in [-0.4, -0.2) is 65.7 Å². The number of carbonyl (C=O) groups is 1. The molecule has 0 bridgehead atoms. The molecule has 0 fully saturated rings. The van der Waals surface area contributed by atoms with Gasteiger partial charge in [0, 0.05) is 0 Å². The molecule has 0 aromatic carbocycles.